The third kappa shape index (κ3) is 3.94. The summed E-state index contributed by atoms with van der Waals surface area (Å²) in [5.74, 6) is -0.0706. The van der Waals surface area contributed by atoms with Gasteiger partial charge in [-0.1, -0.05) is 70.5 Å². The Morgan fingerprint density at radius 1 is 1.05 bits per heavy atom. The number of rotatable bonds is 5. The van der Waals surface area contributed by atoms with Gasteiger partial charge in [0.05, 0.1) is 5.92 Å². The van der Waals surface area contributed by atoms with Crippen LogP contribution in [0.5, 0.6) is 0 Å². The first-order chi connectivity index (χ1) is 9.70. The number of alkyl halides is 1. The Hall–Kier alpha value is -1.61. The first-order valence-electron chi connectivity index (χ1n) is 6.67. The van der Waals surface area contributed by atoms with Crippen LogP contribution < -0.4 is 5.32 Å². The van der Waals surface area contributed by atoms with E-state index in [4.69, 9.17) is 0 Å². The molecule has 0 aliphatic heterocycles. The summed E-state index contributed by atoms with van der Waals surface area (Å²) in [6, 6.07) is 18.1. The SMILES string of the molecule is CC(C(=O)NCc1ccc(CBr)cc1)c1ccccc1. The fraction of sp³-hybridized carbons (Fsp3) is 0.235. The Labute approximate surface area is 128 Å². The maximum atomic E-state index is 12.1. The summed E-state index contributed by atoms with van der Waals surface area (Å²) < 4.78 is 0. The smallest absolute Gasteiger partial charge is 0.227 e. The molecule has 2 aromatic carbocycles. The fourth-order valence-corrected chi connectivity index (χ4v) is 2.36. The van der Waals surface area contributed by atoms with Crippen molar-refractivity contribution in [2.24, 2.45) is 0 Å². The molecule has 1 N–H and O–H groups in total. The number of benzene rings is 2. The van der Waals surface area contributed by atoms with Crippen LogP contribution in [0.1, 0.15) is 29.5 Å². The van der Waals surface area contributed by atoms with Gasteiger partial charge in [-0.15, -0.1) is 0 Å². The lowest BCUT2D eigenvalue weighted by molar-refractivity contribution is -0.122. The van der Waals surface area contributed by atoms with Gasteiger partial charge >= 0.3 is 0 Å². The second-order valence-corrected chi connectivity index (χ2v) is 5.36. The summed E-state index contributed by atoms with van der Waals surface area (Å²) in [5, 5.41) is 3.84. The van der Waals surface area contributed by atoms with E-state index in [1.54, 1.807) is 0 Å². The van der Waals surface area contributed by atoms with Crippen molar-refractivity contribution in [2.45, 2.75) is 24.7 Å². The predicted molar refractivity (Wildman–Crippen MR) is 85.8 cm³/mol. The monoisotopic (exact) mass is 331 g/mol. The lowest BCUT2D eigenvalue weighted by atomic mass is 10.0. The Kier molecular flexibility index (Phi) is 5.36. The zero-order valence-electron chi connectivity index (χ0n) is 11.5. The standard InChI is InChI=1S/C17H18BrNO/c1-13(16-5-3-2-4-6-16)17(20)19-12-15-9-7-14(11-18)8-10-15/h2-10,13H,11-12H2,1H3,(H,19,20). The molecule has 0 aliphatic carbocycles. The van der Waals surface area contributed by atoms with Crippen LogP contribution >= 0.6 is 15.9 Å². The van der Waals surface area contributed by atoms with Crippen LogP contribution in [0.4, 0.5) is 0 Å². The van der Waals surface area contributed by atoms with E-state index in [9.17, 15) is 4.79 Å². The highest BCUT2D eigenvalue weighted by molar-refractivity contribution is 9.08. The number of hydrogen-bond acceptors (Lipinski definition) is 1. The molecule has 0 saturated heterocycles. The van der Waals surface area contributed by atoms with Crippen molar-refractivity contribution in [1.82, 2.24) is 5.32 Å². The van der Waals surface area contributed by atoms with Gasteiger partial charge < -0.3 is 5.32 Å². The van der Waals surface area contributed by atoms with Crippen LogP contribution in [0.2, 0.25) is 0 Å². The summed E-state index contributed by atoms with van der Waals surface area (Å²) >= 11 is 3.42. The molecule has 0 radical (unpaired) electrons. The maximum absolute atomic E-state index is 12.1. The number of carbonyl (C=O) groups excluding carboxylic acids is 1. The highest BCUT2D eigenvalue weighted by Gasteiger charge is 2.14. The molecule has 0 aromatic heterocycles. The molecule has 0 saturated carbocycles. The van der Waals surface area contributed by atoms with Crippen molar-refractivity contribution < 1.29 is 4.79 Å². The molecule has 104 valence electrons. The van der Waals surface area contributed by atoms with Gasteiger partial charge in [0.2, 0.25) is 5.91 Å². The Morgan fingerprint density at radius 3 is 2.25 bits per heavy atom. The average Bonchev–Trinajstić information content (AvgIpc) is 2.53. The lowest BCUT2D eigenvalue weighted by Gasteiger charge is -2.12. The van der Waals surface area contributed by atoms with Gasteiger partial charge in [-0.25, -0.2) is 0 Å². The van der Waals surface area contributed by atoms with E-state index in [1.165, 1.54) is 5.56 Å². The highest BCUT2D eigenvalue weighted by atomic mass is 79.9. The summed E-state index contributed by atoms with van der Waals surface area (Å²) in [6.07, 6.45) is 0. The van der Waals surface area contributed by atoms with Gasteiger partial charge in [-0.05, 0) is 23.6 Å². The minimum Gasteiger partial charge on any atom is -0.352 e. The van der Waals surface area contributed by atoms with Crippen LogP contribution in [0, 0.1) is 0 Å². The highest BCUT2D eigenvalue weighted by Crippen LogP contribution is 2.15. The molecule has 2 aromatic rings. The molecule has 2 rings (SSSR count). The number of halogens is 1. The molecule has 0 aliphatic rings. The largest absolute Gasteiger partial charge is 0.352 e. The fourth-order valence-electron chi connectivity index (χ4n) is 1.98. The minimum absolute atomic E-state index is 0.0563. The normalized spacial score (nSPS) is 11.9. The van der Waals surface area contributed by atoms with Crippen molar-refractivity contribution in [1.29, 1.82) is 0 Å². The molecule has 0 fully saturated rings. The molecule has 0 bridgehead atoms. The van der Waals surface area contributed by atoms with Gasteiger partial charge in [0.25, 0.3) is 0 Å². The van der Waals surface area contributed by atoms with Gasteiger partial charge in [-0.2, -0.15) is 0 Å². The number of nitrogens with one attached hydrogen (secondary N) is 1. The van der Waals surface area contributed by atoms with Gasteiger partial charge in [-0.3, -0.25) is 4.79 Å². The first-order valence-corrected chi connectivity index (χ1v) is 7.79. The van der Waals surface area contributed by atoms with Crippen LogP contribution in [0.3, 0.4) is 0 Å². The quantitative estimate of drug-likeness (QED) is 0.824. The molecular weight excluding hydrogens is 314 g/mol. The predicted octanol–water partition coefficient (Wildman–Crippen LogP) is 4.00. The average molecular weight is 332 g/mol. The summed E-state index contributed by atoms with van der Waals surface area (Å²) in [7, 11) is 0. The summed E-state index contributed by atoms with van der Waals surface area (Å²) in [6.45, 7) is 2.50. The molecule has 0 spiro atoms. The van der Waals surface area contributed by atoms with Gasteiger partial charge in [0.15, 0.2) is 0 Å². The number of amides is 1. The lowest BCUT2D eigenvalue weighted by Crippen LogP contribution is -2.27. The van der Waals surface area contributed by atoms with Crippen LogP contribution in [-0.4, -0.2) is 5.91 Å². The van der Waals surface area contributed by atoms with E-state index in [2.05, 4.69) is 33.4 Å². The van der Waals surface area contributed by atoms with Gasteiger partial charge in [0.1, 0.15) is 0 Å². The van der Waals surface area contributed by atoms with Gasteiger partial charge in [0, 0.05) is 11.9 Å². The molecule has 20 heavy (non-hydrogen) atoms. The molecule has 0 heterocycles. The van der Waals surface area contributed by atoms with Crippen LogP contribution in [0.25, 0.3) is 0 Å². The second kappa shape index (κ2) is 7.25. The van der Waals surface area contributed by atoms with E-state index in [1.807, 2.05) is 49.4 Å². The first kappa shape index (κ1) is 14.8. The van der Waals surface area contributed by atoms with Crippen molar-refractivity contribution in [2.75, 3.05) is 0 Å². The Morgan fingerprint density at radius 2 is 1.65 bits per heavy atom. The third-order valence-electron chi connectivity index (χ3n) is 3.34. The molecule has 1 unspecified atom stereocenters. The summed E-state index contributed by atoms with van der Waals surface area (Å²) in [5.41, 5.74) is 3.39. The van der Waals surface area contributed by atoms with Crippen LogP contribution in [-0.2, 0) is 16.7 Å². The van der Waals surface area contributed by atoms with Crippen LogP contribution in [0.15, 0.2) is 54.6 Å². The molecule has 1 atom stereocenters. The zero-order valence-corrected chi connectivity index (χ0v) is 13.1. The molecule has 3 heteroatoms. The second-order valence-electron chi connectivity index (χ2n) is 4.80. The van der Waals surface area contributed by atoms with E-state index >= 15 is 0 Å². The minimum atomic E-state index is -0.127. The summed E-state index contributed by atoms with van der Waals surface area (Å²) in [4.78, 5) is 12.1. The topological polar surface area (TPSA) is 29.1 Å². The van der Waals surface area contributed by atoms with Crippen molar-refractivity contribution in [3.05, 3.63) is 71.3 Å². The van der Waals surface area contributed by atoms with E-state index in [0.29, 0.717) is 6.54 Å². The van der Waals surface area contributed by atoms with E-state index < -0.39 is 0 Å². The van der Waals surface area contributed by atoms with Crippen molar-refractivity contribution in [3.63, 3.8) is 0 Å². The Bertz CT molecular complexity index is 551. The number of hydrogen-bond donors (Lipinski definition) is 1. The molecule has 2 nitrogen and oxygen atoms in total. The molecule has 1 amide bonds. The Balaban J connectivity index is 1.91. The zero-order chi connectivity index (χ0) is 14.4. The van der Waals surface area contributed by atoms with E-state index in [0.717, 1.165) is 16.5 Å². The van der Waals surface area contributed by atoms with Crippen molar-refractivity contribution >= 4 is 21.8 Å². The van der Waals surface area contributed by atoms with E-state index in [-0.39, 0.29) is 11.8 Å². The molecular formula is C17H18BrNO. The third-order valence-corrected chi connectivity index (χ3v) is 3.98. The van der Waals surface area contributed by atoms with Crippen molar-refractivity contribution in [3.8, 4) is 0 Å². The number of carbonyl (C=O) groups is 1. The maximum Gasteiger partial charge on any atom is 0.227 e.